The Hall–Kier alpha value is -1.51. The molecule has 0 aliphatic heterocycles. The van der Waals surface area contributed by atoms with Crippen LogP contribution in [0.5, 0.6) is 0 Å². The van der Waals surface area contributed by atoms with Crippen LogP contribution in [0.25, 0.3) is 0 Å². The number of carboxylic acids is 1. The number of halogens is 1. The monoisotopic (exact) mass is 291 g/mol. The first-order valence-electron chi connectivity index (χ1n) is 5.33. The second-order valence-corrected chi connectivity index (χ2v) is 5.97. The van der Waals surface area contributed by atoms with Crippen LogP contribution >= 0.6 is 0 Å². The summed E-state index contributed by atoms with van der Waals surface area (Å²) in [5.74, 6) is -2.39. The van der Waals surface area contributed by atoms with Crippen LogP contribution in [-0.4, -0.2) is 48.6 Å². The third-order valence-corrected chi connectivity index (χ3v) is 4.71. The SMILES string of the molecule is CC(CO)N(C)S(=O)(=O)c1cc(C(=O)O)ccc1F. The van der Waals surface area contributed by atoms with E-state index in [2.05, 4.69) is 0 Å². The van der Waals surface area contributed by atoms with Crippen molar-refractivity contribution in [2.75, 3.05) is 13.7 Å². The van der Waals surface area contributed by atoms with Gasteiger partial charge in [-0.25, -0.2) is 17.6 Å². The van der Waals surface area contributed by atoms with Crippen molar-refractivity contribution in [3.8, 4) is 0 Å². The fourth-order valence-electron chi connectivity index (χ4n) is 1.34. The minimum atomic E-state index is -4.20. The van der Waals surface area contributed by atoms with Gasteiger partial charge in [0.15, 0.2) is 0 Å². The Balaban J connectivity index is 3.36. The van der Waals surface area contributed by atoms with E-state index in [0.29, 0.717) is 0 Å². The average molecular weight is 291 g/mol. The molecule has 1 aromatic carbocycles. The summed E-state index contributed by atoms with van der Waals surface area (Å²) in [4.78, 5) is 10.1. The van der Waals surface area contributed by atoms with E-state index in [0.717, 1.165) is 22.5 Å². The van der Waals surface area contributed by atoms with Gasteiger partial charge in [0, 0.05) is 13.1 Å². The van der Waals surface area contributed by atoms with E-state index < -0.39 is 39.4 Å². The van der Waals surface area contributed by atoms with E-state index in [1.165, 1.54) is 14.0 Å². The van der Waals surface area contributed by atoms with Gasteiger partial charge in [-0.15, -0.1) is 0 Å². The highest BCUT2D eigenvalue weighted by molar-refractivity contribution is 7.89. The summed E-state index contributed by atoms with van der Waals surface area (Å²) >= 11 is 0. The number of hydrogen-bond donors (Lipinski definition) is 2. The van der Waals surface area contributed by atoms with Crippen LogP contribution in [0.1, 0.15) is 17.3 Å². The zero-order valence-electron chi connectivity index (χ0n) is 10.4. The van der Waals surface area contributed by atoms with Crippen LogP contribution in [0.15, 0.2) is 23.1 Å². The summed E-state index contributed by atoms with van der Waals surface area (Å²) < 4.78 is 38.6. The Kier molecular flexibility index (Phi) is 4.61. The van der Waals surface area contributed by atoms with Crippen molar-refractivity contribution in [1.29, 1.82) is 0 Å². The van der Waals surface area contributed by atoms with Crippen molar-refractivity contribution in [3.05, 3.63) is 29.6 Å². The molecule has 8 heteroatoms. The predicted octanol–water partition coefficient (Wildman–Crippen LogP) is 0.525. The maximum absolute atomic E-state index is 13.6. The molecule has 0 aliphatic carbocycles. The highest BCUT2D eigenvalue weighted by Gasteiger charge is 2.28. The molecule has 0 bridgehead atoms. The Bertz CT molecular complexity index is 587. The number of likely N-dealkylation sites (N-methyl/N-ethyl adjacent to an activating group) is 1. The molecule has 1 unspecified atom stereocenters. The Morgan fingerprint density at radius 1 is 1.47 bits per heavy atom. The number of nitrogens with zero attached hydrogens (tertiary/aromatic N) is 1. The van der Waals surface area contributed by atoms with E-state index in [1.807, 2.05) is 0 Å². The molecule has 0 saturated carbocycles. The van der Waals surface area contributed by atoms with Crippen molar-refractivity contribution < 1.29 is 27.8 Å². The zero-order chi connectivity index (χ0) is 14.8. The maximum atomic E-state index is 13.6. The smallest absolute Gasteiger partial charge is 0.335 e. The van der Waals surface area contributed by atoms with Gasteiger partial charge in [-0.3, -0.25) is 0 Å². The van der Waals surface area contributed by atoms with Gasteiger partial charge in [0.1, 0.15) is 10.7 Å². The minimum absolute atomic E-state index is 0.329. The van der Waals surface area contributed by atoms with Gasteiger partial charge in [-0.05, 0) is 25.1 Å². The summed E-state index contributed by atoms with van der Waals surface area (Å²) in [6.07, 6.45) is 0. The first kappa shape index (κ1) is 15.5. The van der Waals surface area contributed by atoms with Crippen LogP contribution in [-0.2, 0) is 10.0 Å². The molecule has 0 saturated heterocycles. The Labute approximate surface area is 110 Å². The first-order chi connectivity index (χ1) is 8.71. The highest BCUT2D eigenvalue weighted by atomic mass is 32.2. The van der Waals surface area contributed by atoms with Gasteiger partial charge in [-0.2, -0.15) is 4.31 Å². The lowest BCUT2D eigenvalue weighted by Gasteiger charge is -2.22. The van der Waals surface area contributed by atoms with Gasteiger partial charge in [-0.1, -0.05) is 0 Å². The average Bonchev–Trinajstić information content (AvgIpc) is 2.36. The van der Waals surface area contributed by atoms with Gasteiger partial charge in [0.05, 0.1) is 12.2 Å². The molecule has 0 spiro atoms. The molecule has 0 fully saturated rings. The van der Waals surface area contributed by atoms with Crippen LogP contribution < -0.4 is 0 Å². The fraction of sp³-hybridized carbons (Fsp3) is 0.364. The Morgan fingerprint density at radius 2 is 2.05 bits per heavy atom. The lowest BCUT2D eigenvalue weighted by molar-refractivity contribution is 0.0696. The number of aliphatic hydroxyl groups is 1. The summed E-state index contributed by atoms with van der Waals surface area (Å²) in [7, 11) is -3.02. The summed E-state index contributed by atoms with van der Waals surface area (Å²) in [5, 5.41) is 17.7. The predicted molar refractivity (Wildman–Crippen MR) is 64.9 cm³/mol. The van der Waals surface area contributed by atoms with E-state index >= 15 is 0 Å². The quantitative estimate of drug-likeness (QED) is 0.825. The topological polar surface area (TPSA) is 94.9 Å². The van der Waals surface area contributed by atoms with Crippen LogP contribution in [0.2, 0.25) is 0 Å². The number of aliphatic hydroxyl groups excluding tert-OH is 1. The van der Waals surface area contributed by atoms with E-state index in [-0.39, 0.29) is 5.56 Å². The van der Waals surface area contributed by atoms with Crippen molar-refractivity contribution in [2.24, 2.45) is 0 Å². The molecule has 0 radical (unpaired) electrons. The van der Waals surface area contributed by atoms with Crippen LogP contribution in [0.3, 0.4) is 0 Å². The summed E-state index contributed by atoms with van der Waals surface area (Å²) in [6.45, 7) is 1.01. The minimum Gasteiger partial charge on any atom is -0.478 e. The number of hydrogen-bond acceptors (Lipinski definition) is 4. The Morgan fingerprint density at radius 3 is 2.53 bits per heavy atom. The first-order valence-corrected chi connectivity index (χ1v) is 6.77. The molecule has 6 nitrogen and oxygen atoms in total. The number of aromatic carboxylic acids is 1. The molecule has 1 aromatic rings. The molecular weight excluding hydrogens is 277 g/mol. The lowest BCUT2D eigenvalue weighted by atomic mass is 10.2. The summed E-state index contributed by atoms with van der Waals surface area (Å²) in [5.41, 5.74) is -0.329. The highest BCUT2D eigenvalue weighted by Crippen LogP contribution is 2.21. The molecular formula is C11H14FNO5S. The van der Waals surface area contributed by atoms with Crippen LogP contribution in [0, 0.1) is 5.82 Å². The number of sulfonamides is 1. The second kappa shape index (κ2) is 5.64. The molecule has 0 amide bonds. The number of rotatable bonds is 5. The van der Waals surface area contributed by atoms with E-state index in [1.54, 1.807) is 0 Å². The number of benzene rings is 1. The van der Waals surface area contributed by atoms with Crippen molar-refractivity contribution >= 4 is 16.0 Å². The van der Waals surface area contributed by atoms with Gasteiger partial charge in [0.25, 0.3) is 0 Å². The van der Waals surface area contributed by atoms with Crippen molar-refractivity contribution in [3.63, 3.8) is 0 Å². The zero-order valence-corrected chi connectivity index (χ0v) is 11.2. The number of carboxylic acid groups (broad SMARTS) is 1. The lowest BCUT2D eigenvalue weighted by Crippen LogP contribution is -2.37. The van der Waals surface area contributed by atoms with E-state index in [4.69, 9.17) is 10.2 Å². The molecule has 106 valence electrons. The van der Waals surface area contributed by atoms with Gasteiger partial charge in [0.2, 0.25) is 10.0 Å². The summed E-state index contributed by atoms with van der Waals surface area (Å²) in [6, 6.07) is 1.77. The molecule has 19 heavy (non-hydrogen) atoms. The molecule has 0 aromatic heterocycles. The molecule has 1 atom stereocenters. The molecule has 0 aliphatic rings. The number of carbonyl (C=O) groups is 1. The molecule has 1 rings (SSSR count). The molecule has 2 N–H and O–H groups in total. The van der Waals surface area contributed by atoms with Gasteiger partial charge < -0.3 is 10.2 Å². The largest absolute Gasteiger partial charge is 0.478 e. The normalized spacial score (nSPS) is 13.5. The third-order valence-electron chi connectivity index (χ3n) is 2.72. The standard InChI is InChI=1S/C11H14FNO5S/c1-7(6-14)13(2)19(17,18)10-5-8(11(15)16)3-4-9(10)12/h3-5,7,14H,6H2,1-2H3,(H,15,16). The fourth-order valence-corrected chi connectivity index (χ4v) is 2.78. The van der Waals surface area contributed by atoms with Crippen LogP contribution in [0.4, 0.5) is 4.39 Å². The van der Waals surface area contributed by atoms with E-state index in [9.17, 15) is 17.6 Å². The van der Waals surface area contributed by atoms with Crippen molar-refractivity contribution in [2.45, 2.75) is 17.9 Å². The van der Waals surface area contributed by atoms with Gasteiger partial charge >= 0.3 is 5.97 Å². The van der Waals surface area contributed by atoms with Crippen molar-refractivity contribution in [1.82, 2.24) is 4.31 Å². The maximum Gasteiger partial charge on any atom is 0.335 e. The second-order valence-electron chi connectivity index (χ2n) is 4.00. The molecule has 0 heterocycles. The third kappa shape index (κ3) is 3.09.